The average molecular weight is 663 g/mol. The Morgan fingerprint density at radius 3 is 2.08 bits per heavy atom. The number of fused-ring (bicyclic) bond motifs is 1. The van der Waals surface area contributed by atoms with Gasteiger partial charge in [0, 0.05) is 42.4 Å². The third kappa shape index (κ3) is 7.74. The van der Waals surface area contributed by atoms with Crippen molar-refractivity contribution in [3.05, 3.63) is 218 Å². The summed E-state index contributed by atoms with van der Waals surface area (Å²) in [6.07, 6.45) is 22.8. The van der Waals surface area contributed by atoms with Crippen molar-refractivity contribution in [1.29, 1.82) is 0 Å². The zero-order valence-corrected chi connectivity index (χ0v) is 29.6. The first-order valence-electron chi connectivity index (χ1n) is 17.5. The van der Waals surface area contributed by atoms with Crippen LogP contribution in [0.15, 0.2) is 207 Å². The van der Waals surface area contributed by atoms with Crippen molar-refractivity contribution in [3.63, 3.8) is 0 Å². The highest BCUT2D eigenvalue weighted by Crippen LogP contribution is 2.37. The molecule has 0 unspecified atom stereocenters. The molecular weight excluding hydrogens is 619 g/mol. The number of aromatic amines is 1. The van der Waals surface area contributed by atoms with Gasteiger partial charge in [-0.05, 0) is 88.4 Å². The lowest BCUT2D eigenvalue weighted by molar-refractivity contribution is 1.03. The maximum Gasteiger partial charge on any atom is 0.225 e. The molecular formula is C48H44N3+. The predicted octanol–water partition coefficient (Wildman–Crippen LogP) is 12.7. The Bertz CT molecular complexity index is 2230. The van der Waals surface area contributed by atoms with Crippen LogP contribution in [0.5, 0.6) is 0 Å². The van der Waals surface area contributed by atoms with Gasteiger partial charge in [0.1, 0.15) is 11.4 Å². The van der Waals surface area contributed by atoms with Gasteiger partial charge in [-0.15, -0.1) is 0 Å². The predicted molar refractivity (Wildman–Crippen MR) is 222 cm³/mol. The van der Waals surface area contributed by atoms with E-state index in [9.17, 15) is 0 Å². The van der Waals surface area contributed by atoms with Crippen molar-refractivity contribution in [2.45, 2.75) is 20.8 Å². The number of nitrogens with zero attached hydrogens (tertiary/aromatic N) is 2. The zero-order chi connectivity index (χ0) is 35.6. The first kappa shape index (κ1) is 34.4. The minimum atomic E-state index is 0.865. The topological polar surface area (TPSA) is 22.0 Å². The monoisotopic (exact) mass is 662 g/mol. The van der Waals surface area contributed by atoms with Crippen LogP contribution >= 0.6 is 0 Å². The Hall–Kier alpha value is -6.45. The van der Waals surface area contributed by atoms with Crippen LogP contribution in [0.4, 0.5) is 17.2 Å². The number of allylic oxidation sites excluding steroid dienone is 12. The van der Waals surface area contributed by atoms with Crippen LogP contribution in [0.25, 0.3) is 28.0 Å². The van der Waals surface area contributed by atoms with Crippen molar-refractivity contribution in [3.8, 4) is 22.4 Å². The molecule has 0 atom stereocenters. The van der Waals surface area contributed by atoms with Gasteiger partial charge in [0.2, 0.25) is 17.1 Å². The molecule has 4 aromatic carbocycles. The lowest BCUT2D eigenvalue weighted by Gasteiger charge is -2.19. The van der Waals surface area contributed by atoms with Gasteiger partial charge < -0.3 is 9.88 Å². The average Bonchev–Trinajstić information content (AvgIpc) is 3.66. The van der Waals surface area contributed by atoms with Crippen molar-refractivity contribution in [2.75, 3.05) is 4.90 Å². The Balaban J connectivity index is 0.00000220. The van der Waals surface area contributed by atoms with E-state index >= 15 is 0 Å². The zero-order valence-electron chi connectivity index (χ0n) is 29.6. The lowest BCUT2D eigenvalue weighted by Crippen LogP contribution is -2.27. The van der Waals surface area contributed by atoms with E-state index in [1.54, 1.807) is 0 Å². The number of hydrogen-bond acceptors (Lipinski definition) is 1. The third-order valence-electron chi connectivity index (χ3n) is 8.72. The Morgan fingerprint density at radius 2 is 1.33 bits per heavy atom. The quantitative estimate of drug-likeness (QED) is 0.136. The molecule has 0 saturated heterocycles. The van der Waals surface area contributed by atoms with E-state index in [4.69, 9.17) is 0 Å². The standard InChI is InChI=1S/C46H38N3.C2H6/c1-4-5-8-20-44-42-33-39(25-27-45(42)49(44)41-18-11-7-12-19-41)40-29-31-48(30-14-13-15-34(2)35(3)32-40)46-28-26-43(47-46)38-23-21-37(22-24-38)36-16-9-6-10-17-36;1-2/h4-33,47H,2-3H2,1H3;1-2H3/q+1;/b5-4-,15-13-,20-8-,30-14-,31-29-,40-32+;. The summed E-state index contributed by atoms with van der Waals surface area (Å²) in [5, 5.41) is 0. The van der Waals surface area contributed by atoms with E-state index in [0.29, 0.717) is 0 Å². The molecule has 3 nitrogen and oxygen atoms in total. The molecule has 250 valence electrons. The molecule has 2 aliphatic rings. The first-order chi connectivity index (χ1) is 25.1. The molecule has 7 rings (SSSR count). The highest BCUT2D eigenvalue weighted by atomic mass is 15.2. The number of rotatable bonds is 7. The molecule has 2 aliphatic heterocycles. The molecule has 0 spiro atoms. The van der Waals surface area contributed by atoms with Crippen LogP contribution in [-0.4, -0.2) is 10.7 Å². The van der Waals surface area contributed by atoms with Crippen molar-refractivity contribution < 1.29 is 0 Å². The fourth-order valence-electron chi connectivity index (χ4n) is 6.07. The second-order valence-electron chi connectivity index (χ2n) is 11.9. The molecule has 0 radical (unpaired) electrons. The molecule has 0 fully saturated rings. The fraction of sp³-hybridized carbons (Fsp3) is 0.0625. The number of H-pyrrole nitrogens is 1. The molecule has 1 aromatic heterocycles. The van der Waals surface area contributed by atoms with E-state index in [1.807, 2.05) is 57.3 Å². The smallest absolute Gasteiger partial charge is 0.225 e. The SMILES string of the molecule is C=C1/C=C\C=C/N(c2ccc(-c3ccc(-c4ccccc4)cc3)[nH]2)/C=C\C(c2ccc3c(c2)C(/C=C\C=C/C)=[N+]3c2ccccc2)=C/C1=C.CC. The van der Waals surface area contributed by atoms with Gasteiger partial charge in [-0.25, -0.2) is 0 Å². The summed E-state index contributed by atoms with van der Waals surface area (Å²) in [4.78, 5) is 5.73. The number of anilines is 1. The molecule has 3 heteroatoms. The van der Waals surface area contributed by atoms with Gasteiger partial charge >= 0.3 is 0 Å². The van der Waals surface area contributed by atoms with E-state index in [0.717, 1.165) is 50.8 Å². The van der Waals surface area contributed by atoms with Crippen LogP contribution in [0.1, 0.15) is 31.9 Å². The normalized spacial score (nSPS) is 17.2. The van der Waals surface area contributed by atoms with E-state index < -0.39 is 0 Å². The molecule has 0 saturated carbocycles. The Morgan fingerprint density at radius 1 is 0.647 bits per heavy atom. The molecule has 1 N–H and O–H groups in total. The summed E-state index contributed by atoms with van der Waals surface area (Å²) in [7, 11) is 0. The molecule has 0 aliphatic carbocycles. The van der Waals surface area contributed by atoms with Crippen LogP contribution in [0, 0.1) is 0 Å². The summed E-state index contributed by atoms with van der Waals surface area (Å²) < 4.78 is 2.30. The Kier molecular flexibility index (Phi) is 11.0. The maximum atomic E-state index is 4.35. The van der Waals surface area contributed by atoms with E-state index in [-0.39, 0.29) is 0 Å². The number of para-hydroxylation sites is 1. The summed E-state index contributed by atoms with van der Waals surface area (Å²) in [5.41, 5.74) is 13.2. The number of benzene rings is 4. The van der Waals surface area contributed by atoms with Crippen LogP contribution in [-0.2, 0) is 0 Å². The second-order valence-corrected chi connectivity index (χ2v) is 11.9. The van der Waals surface area contributed by atoms with E-state index in [2.05, 4.69) is 173 Å². The summed E-state index contributed by atoms with van der Waals surface area (Å²) >= 11 is 0. The second kappa shape index (κ2) is 16.3. The summed E-state index contributed by atoms with van der Waals surface area (Å²) in [6.45, 7) is 14.7. The summed E-state index contributed by atoms with van der Waals surface area (Å²) in [6, 6.07) is 40.5. The third-order valence-corrected chi connectivity index (χ3v) is 8.72. The van der Waals surface area contributed by atoms with Gasteiger partial charge in [0.25, 0.3) is 0 Å². The van der Waals surface area contributed by atoms with Crippen LogP contribution in [0.3, 0.4) is 0 Å². The minimum absolute atomic E-state index is 0.865. The molecule has 0 bridgehead atoms. The molecule has 3 heterocycles. The largest absolute Gasteiger partial charge is 0.341 e. The van der Waals surface area contributed by atoms with Gasteiger partial charge in [-0.2, -0.15) is 4.58 Å². The van der Waals surface area contributed by atoms with Gasteiger partial charge in [-0.3, -0.25) is 0 Å². The first-order valence-corrected chi connectivity index (χ1v) is 17.5. The fourth-order valence-corrected chi connectivity index (χ4v) is 6.07. The highest BCUT2D eigenvalue weighted by molar-refractivity contribution is 6.21. The van der Waals surface area contributed by atoms with E-state index in [1.165, 1.54) is 22.4 Å². The molecule has 0 amide bonds. The van der Waals surface area contributed by atoms with Gasteiger partial charge in [0.15, 0.2) is 0 Å². The van der Waals surface area contributed by atoms with Crippen molar-refractivity contribution in [1.82, 2.24) is 9.56 Å². The molecule has 51 heavy (non-hydrogen) atoms. The van der Waals surface area contributed by atoms with Crippen molar-refractivity contribution in [2.24, 2.45) is 0 Å². The number of nitrogens with one attached hydrogen (secondary N) is 1. The van der Waals surface area contributed by atoms with Gasteiger partial charge in [0.05, 0.1) is 0 Å². The van der Waals surface area contributed by atoms with Crippen molar-refractivity contribution >= 4 is 28.5 Å². The highest BCUT2D eigenvalue weighted by Gasteiger charge is 2.36. The maximum absolute atomic E-state index is 4.35. The van der Waals surface area contributed by atoms with Crippen LogP contribution in [0.2, 0.25) is 0 Å². The number of aromatic nitrogens is 1. The summed E-state index contributed by atoms with van der Waals surface area (Å²) in [5.74, 6) is 0.958. The Labute approximate surface area is 303 Å². The number of hydrogen-bond donors (Lipinski definition) is 1. The lowest BCUT2D eigenvalue weighted by atomic mass is 9.92. The van der Waals surface area contributed by atoms with Gasteiger partial charge in [-0.1, -0.05) is 130 Å². The van der Waals surface area contributed by atoms with Crippen LogP contribution < -0.4 is 9.48 Å². The molecule has 5 aromatic rings. The minimum Gasteiger partial charge on any atom is -0.341 e.